The molecule has 2 aliphatic heterocycles. The molecular weight excluding hydrogens is 290 g/mol. The van der Waals surface area contributed by atoms with E-state index in [1.54, 1.807) is 0 Å². The normalized spacial score (nSPS) is 26.3. The van der Waals surface area contributed by atoms with Gasteiger partial charge in [-0.1, -0.05) is 12.2 Å². The smallest absolute Gasteiger partial charge is 0.231 e. The van der Waals surface area contributed by atoms with E-state index in [1.165, 1.54) is 11.3 Å². The molecule has 4 nitrogen and oxygen atoms in total. The van der Waals surface area contributed by atoms with Crippen molar-refractivity contribution in [3.63, 3.8) is 0 Å². The molecule has 2 heterocycles. The second-order valence-corrected chi connectivity index (χ2v) is 7.48. The lowest BCUT2D eigenvalue weighted by Crippen LogP contribution is -2.43. The summed E-state index contributed by atoms with van der Waals surface area (Å²) in [7, 11) is 0. The molecule has 1 saturated carbocycles. The molecule has 0 atom stereocenters. The topological polar surface area (TPSA) is 41.9 Å². The molecule has 0 unspecified atom stereocenters. The van der Waals surface area contributed by atoms with Crippen molar-refractivity contribution in [3.8, 4) is 11.5 Å². The second kappa shape index (κ2) is 5.45. The van der Waals surface area contributed by atoms with E-state index in [-0.39, 0.29) is 0 Å². The predicted molar refractivity (Wildman–Crippen MR) is 91.0 cm³/mol. The third-order valence-corrected chi connectivity index (χ3v) is 5.57. The van der Waals surface area contributed by atoms with E-state index in [0.717, 1.165) is 43.7 Å². The van der Waals surface area contributed by atoms with Gasteiger partial charge in [-0.15, -0.1) is 0 Å². The highest BCUT2D eigenvalue weighted by molar-refractivity contribution is 5.75. The lowest BCUT2D eigenvalue weighted by Gasteiger charge is -2.42. The fourth-order valence-corrected chi connectivity index (χ4v) is 4.16. The van der Waals surface area contributed by atoms with Crippen LogP contribution in [0, 0.1) is 5.92 Å². The lowest BCUT2D eigenvalue weighted by molar-refractivity contribution is -0.00149. The van der Waals surface area contributed by atoms with Gasteiger partial charge in [0.15, 0.2) is 11.5 Å². The van der Waals surface area contributed by atoms with Crippen LogP contribution < -0.4 is 14.4 Å². The molecule has 1 aromatic carbocycles. The van der Waals surface area contributed by atoms with Crippen LogP contribution in [0.4, 0.5) is 5.69 Å². The molecule has 0 amide bonds. The quantitative estimate of drug-likeness (QED) is 0.906. The summed E-state index contributed by atoms with van der Waals surface area (Å²) in [6.07, 6.45) is 8.86. The number of anilines is 1. The maximum Gasteiger partial charge on any atom is 0.231 e. The van der Waals surface area contributed by atoms with Crippen molar-refractivity contribution >= 4 is 11.8 Å². The van der Waals surface area contributed by atoms with Gasteiger partial charge in [0.05, 0.1) is 5.60 Å². The van der Waals surface area contributed by atoms with Crippen LogP contribution in [0.25, 0.3) is 6.08 Å². The van der Waals surface area contributed by atoms with Gasteiger partial charge in [0.2, 0.25) is 6.79 Å². The number of aliphatic hydroxyl groups is 1. The Labute approximate surface area is 137 Å². The van der Waals surface area contributed by atoms with Gasteiger partial charge in [0, 0.05) is 29.9 Å². The minimum absolute atomic E-state index is 0.318. The summed E-state index contributed by atoms with van der Waals surface area (Å²) >= 11 is 0. The molecule has 1 aliphatic carbocycles. The molecule has 1 aromatic rings. The van der Waals surface area contributed by atoms with Gasteiger partial charge in [-0.25, -0.2) is 0 Å². The zero-order chi connectivity index (χ0) is 16.0. The Hall–Kier alpha value is -1.68. The highest BCUT2D eigenvalue weighted by Gasteiger charge is 2.34. The molecule has 23 heavy (non-hydrogen) atoms. The Kier molecular flexibility index (Phi) is 3.52. The van der Waals surface area contributed by atoms with Crippen LogP contribution in [-0.2, 0) is 0 Å². The van der Waals surface area contributed by atoms with Crippen molar-refractivity contribution in [3.05, 3.63) is 23.8 Å². The van der Waals surface area contributed by atoms with Crippen molar-refractivity contribution in [1.82, 2.24) is 0 Å². The summed E-state index contributed by atoms with van der Waals surface area (Å²) in [4.78, 5) is 2.50. The molecule has 1 N–H and O–H groups in total. The van der Waals surface area contributed by atoms with Crippen molar-refractivity contribution in [1.29, 1.82) is 0 Å². The summed E-state index contributed by atoms with van der Waals surface area (Å²) in [6, 6.07) is 4.75. The maximum absolute atomic E-state index is 10.2. The summed E-state index contributed by atoms with van der Waals surface area (Å²) < 4.78 is 11.1. The Morgan fingerprint density at radius 3 is 2.48 bits per heavy atom. The molecule has 4 rings (SSSR count). The largest absolute Gasteiger partial charge is 0.454 e. The van der Waals surface area contributed by atoms with Crippen LogP contribution in [0.15, 0.2) is 18.2 Å². The zero-order valence-electron chi connectivity index (χ0n) is 13.9. The number of hydrogen-bond acceptors (Lipinski definition) is 4. The maximum atomic E-state index is 10.2. The third kappa shape index (κ3) is 2.69. The van der Waals surface area contributed by atoms with Gasteiger partial charge in [-0.2, -0.15) is 0 Å². The van der Waals surface area contributed by atoms with Gasteiger partial charge in [-0.3, -0.25) is 0 Å². The number of benzene rings is 1. The summed E-state index contributed by atoms with van der Waals surface area (Å²) in [5.41, 5.74) is 1.91. The summed E-state index contributed by atoms with van der Waals surface area (Å²) in [5.74, 6) is 2.12. The number of rotatable bonds is 2. The molecule has 0 saturated heterocycles. The van der Waals surface area contributed by atoms with E-state index in [2.05, 4.69) is 29.2 Å². The number of fused-ring (bicyclic) bond motifs is 2. The second-order valence-electron chi connectivity index (χ2n) is 7.48. The SMILES string of the molecule is CC(C)(O)C1CCC(N2CC=Cc3cc4c(cc32)OCO4)CC1. The first kappa shape index (κ1) is 14.9. The van der Waals surface area contributed by atoms with Gasteiger partial charge in [0.25, 0.3) is 0 Å². The molecule has 0 spiro atoms. The molecule has 3 aliphatic rings. The van der Waals surface area contributed by atoms with E-state index in [9.17, 15) is 5.11 Å². The van der Waals surface area contributed by atoms with E-state index in [4.69, 9.17) is 9.47 Å². The van der Waals surface area contributed by atoms with Crippen molar-refractivity contribution < 1.29 is 14.6 Å². The van der Waals surface area contributed by atoms with Gasteiger partial charge >= 0.3 is 0 Å². The van der Waals surface area contributed by atoms with Gasteiger partial charge < -0.3 is 19.5 Å². The van der Waals surface area contributed by atoms with Crippen LogP contribution in [0.1, 0.15) is 45.1 Å². The minimum atomic E-state index is -0.559. The fourth-order valence-electron chi connectivity index (χ4n) is 4.16. The van der Waals surface area contributed by atoms with E-state index < -0.39 is 5.60 Å². The van der Waals surface area contributed by atoms with Crippen LogP contribution in [0.2, 0.25) is 0 Å². The Balaban J connectivity index is 1.55. The predicted octanol–water partition coefficient (Wildman–Crippen LogP) is 3.58. The number of hydrogen-bond donors (Lipinski definition) is 1. The Bertz CT molecular complexity index is 624. The molecule has 0 aromatic heterocycles. The van der Waals surface area contributed by atoms with E-state index in [0.29, 0.717) is 18.8 Å². The molecule has 1 fully saturated rings. The molecule has 124 valence electrons. The molecule has 4 heteroatoms. The first-order chi connectivity index (χ1) is 11.0. The Morgan fingerprint density at radius 1 is 1.09 bits per heavy atom. The van der Waals surface area contributed by atoms with Gasteiger partial charge in [0.1, 0.15) is 0 Å². The molecular formula is C19H25NO3. The average Bonchev–Trinajstić information content (AvgIpc) is 2.98. The van der Waals surface area contributed by atoms with E-state index >= 15 is 0 Å². The first-order valence-corrected chi connectivity index (χ1v) is 8.61. The lowest BCUT2D eigenvalue weighted by atomic mass is 9.76. The monoisotopic (exact) mass is 315 g/mol. The standard InChI is InChI=1S/C19H25NO3/c1-19(2,21)14-5-7-15(8-6-14)20-9-3-4-13-10-17-18(11-16(13)20)23-12-22-17/h3-4,10-11,14-15,21H,5-9,12H2,1-2H3. The van der Waals surface area contributed by atoms with Crippen LogP contribution in [0.5, 0.6) is 11.5 Å². The van der Waals surface area contributed by atoms with Crippen LogP contribution >= 0.6 is 0 Å². The van der Waals surface area contributed by atoms with E-state index in [1.807, 2.05) is 13.8 Å². The summed E-state index contributed by atoms with van der Waals surface area (Å²) in [6.45, 7) is 5.15. The zero-order valence-corrected chi connectivity index (χ0v) is 13.9. The highest BCUT2D eigenvalue weighted by Crippen LogP contribution is 2.43. The minimum Gasteiger partial charge on any atom is -0.454 e. The first-order valence-electron chi connectivity index (χ1n) is 8.61. The van der Waals surface area contributed by atoms with Crippen molar-refractivity contribution in [2.24, 2.45) is 5.92 Å². The van der Waals surface area contributed by atoms with Crippen LogP contribution in [0.3, 0.4) is 0 Å². The number of nitrogens with zero attached hydrogens (tertiary/aromatic N) is 1. The van der Waals surface area contributed by atoms with Crippen LogP contribution in [-0.4, -0.2) is 30.1 Å². The van der Waals surface area contributed by atoms with Crippen molar-refractivity contribution in [2.75, 3.05) is 18.2 Å². The Morgan fingerprint density at radius 2 is 1.78 bits per heavy atom. The number of ether oxygens (including phenoxy) is 2. The highest BCUT2D eigenvalue weighted by atomic mass is 16.7. The average molecular weight is 315 g/mol. The van der Waals surface area contributed by atoms with Gasteiger partial charge in [-0.05, 0) is 51.5 Å². The summed E-state index contributed by atoms with van der Waals surface area (Å²) in [5, 5.41) is 10.2. The third-order valence-electron chi connectivity index (χ3n) is 5.57. The fraction of sp³-hybridized carbons (Fsp3) is 0.579. The molecule has 0 bridgehead atoms. The van der Waals surface area contributed by atoms with Crippen molar-refractivity contribution in [2.45, 2.75) is 51.2 Å². The molecule has 0 radical (unpaired) electrons.